The molecule has 5 fully saturated rings. The number of aliphatic carboxylic acids is 1. The summed E-state index contributed by atoms with van der Waals surface area (Å²) in [4.78, 5) is 11.8. The Balaban J connectivity index is 1.26. The standard InChI is InChI=1S/C35H60O11/c1-18-14-20(3)35(40,17-36)45-27(18)25-15-19(2)30(42-25)33(8)11-10-26(43-33)32(7)12-13-34(46-32)16-24(37)21(4)29(44-34)22(5)28(41-9)23(6)31(38)39/h18-30,36-37,40H,10-17H2,1-9H3,(H,38,39)/t18-,19-,20+,21+,22+,23-,24-,25+,26+,27-,28-,29-,30+,32-,33-,34?,35-/m0/s1. The van der Waals surface area contributed by atoms with E-state index in [1.54, 1.807) is 6.92 Å². The van der Waals surface area contributed by atoms with E-state index in [1.807, 2.05) is 20.8 Å². The van der Waals surface area contributed by atoms with Gasteiger partial charge >= 0.3 is 5.97 Å². The fraction of sp³-hybridized carbons (Fsp3) is 0.971. The molecule has 0 aromatic heterocycles. The predicted molar refractivity (Wildman–Crippen MR) is 168 cm³/mol. The maximum Gasteiger partial charge on any atom is 0.308 e. The molecule has 4 N–H and O–H groups in total. The topological polar surface area (TPSA) is 153 Å². The normalized spacial score (nSPS) is 51.7. The second kappa shape index (κ2) is 13.1. The van der Waals surface area contributed by atoms with E-state index in [0.717, 1.165) is 25.7 Å². The van der Waals surface area contributed by atoms with E-state index in [9.17, 15) is 25.2 Å². The molecule has 0 bridgehead atoms. The van der Waals surface area contributed by atoms with Crippen LogP contribution in [-0.2, 0) is 33.2 Å². The molecular formula is C35H60O11. The molecule has 11 nitrogen and oxygen atoms in total. The van der Waals surface area contributed by atoms with Gasteiger partial charge in [-0.2, -0.15) is 0 Å². The highest BCUT2D eigenvalue weighted by atomic mass is 16.7. The molecule has 0 aromatic rings. The van der Waals surface area contributed by atoms with Crippen molar-refractivity contribution in [3.05, 3.63) is 0 Å². The van der Waals surface area contributed by atoms with Gasteiger partial charge in [-0.1, -0.05) is 34.6 Å². The molecule has 5 saturated heterocycles. The molecule has 1 spiro atoms. The average molecular weight is 657 g/mol. The number of aliphatic hydroxyl groups is 3. The largest absolute Gasteiger partial charge is 0.481 e. The number of carboxylic acid groups (broad SMARTS) is 1. The number of rotatable bonds is 9. The molecule has 5 heterocycles. The summed E-state index contributed by atoms with van der Waals surface area (Å²) in [6.45, 7) is 15.5. The van der Waals surface area contributed by atoms with Gasteiger partial charge in [0, 0.05) is 37.7 Å². The minimum atomic E-state index is -1.56. The number of methoxy groups -OCH3 is 1. The fourth-order valence-electron chi connectivity index (χ4n) is 9.64. The van der Waals surface area contributed by atoms with E-state index in [-0.39, 0.29) is 54.0 Å². The maximum atomic E-state index is 11.8. The molecule has 17 atom stereocenters. The first-order valence-corrected chi connectivity index (χ1v) is 17.6. The van der Waals surface area contributed by atoms with Crippen molar-refractivity contribution in [2.45, 2.75) is 166 Å². The van der Waals surface area contributed by atoms with Crippen molar-refractivity contribution in [1.82, 2.24) is 0 Å². The number of aliphatic hydroxyl groups excluding tert-OH is 2. The summed E-state index contributed by atoms with van der Waals surface area (Å²) in [7, 11) is 1.52. The summed E-state index contributed by atoms with van der Waals surface area (Å²) in [5.74, 6) is -4.52. The predicted octanol–water partition coefficient (Wildman–Crippen LogP) is 3.88. The van der Waals surface area contributed by atoms with E-state index in [4.69, 9.17) is 28.4 Å². The van der Waals surface area contributed by atoms with Crippen molar-refractivity contribution in [3.8, 4) is 0 Å². The van der Waals surface area contributed by atoms with Crippen LogP contribution in [0.5, 0.6) is 0 Å². The molecule has 266 valence electrons. The molecule has 5 aliphatic rings. The summed E-state index contributed by atoms with van der Waals surface area (Å²) in [5.41, 5.74) is -1.19. The Hall–Kier alpha value is -0.890. The van der Waals surface area contributed by atoms with Crippen LogP contribution in [0.1, 0.15) is 100 Å². The highest BCUT2D eigenvalue weighted by Crippen LogP contribution is 2.54. The summed E-state index contributed by atoms with van der Waals surface area (Å²) in [6, 6.07) is 0. The molecule has 46 heavy (non-hydrogen) atoms. The van der Waals surface area contributed by atoms with E-state index in [0.29, 0.717) is 19.3 Å². The van der Waals surface area contributed by atoms with E-state index in [2.05, 4.69) is 27.7 Å². The summed E-state index contributed by atoms with van der Waals surface area (Å²) < 4.78 is 39.1. The van der Waals surface area contributed by atoms with Gasteiger partial charge in [-0.15, -0.1) is 0 Å². The Labute approximate surface area is 274 Å². The van der Waals surface area contributed by atoms with Crippen molar-refractivity contribution in [1.29, 1.82) is 0 Å². The lowest BCUT2D eigenvalue weighted by molar-refractivity contribution is -0.336. The van der Waals surface area contributed by atoms with Gasteiger partial charge in [0.2, 0.25) is 0 Å². The quantitative estimate of drug-likeness (QED) is 0.286. The molecule has 5 aliphatic heterocycles. The summed E-state index contributed by atoms with van der Waals surface area (Å²) in [6.07, 6.45) is 2.15. The smallest absolute Gasteiger partial charge is 0.308 e. The molecule has 0 amide bonds. The Bertz CT molecular complexity index is 1090. The van der Waals surface area contributed by atoms with Gasteiger partial charge in [0.15, 0.2) is 11.6 Å². The molecule has 0 aromatic carbocycles. The summed E-state index contributed by atoms with van der Waals surface area (Å²) >= 11 is 0. The minimum Gasteiger partial charge on any atom is -0.481 e. The van der Waals surface area contributed by atoms with Gasteiger partial charge in [-0.05, 0) is 64.7 Å². The zero-order valence-corrected chi connectivity index (χ0v) is 29.3. The summed E-state index contributed by atoms with van der Waals surface area (Å²) in [5, 5.41) is 41.7. The van der Waals surface area contributed by atoms with Gasteiger partial charge in [0.25, 0.3) is 0 Å². The van der Waals surface area contributed by atoms with E-state index >= 15 is 0 Å². The Kier molecular flexibility index (Phi) is 10.4. The number of hydrogen-bond acceptors (Lipinski definition) is 10. The number of carboxylic acids is 1. The molecule has 0 aliphatic carbocycles. The number of hydrogen-bond donors (Lipinski definition) is 4. The first kappa shape index (κ1) is 36.4. The number of carbonyl (C=O) groups is 1. The fourth-order valence-corrected chi connectivity index (χ4v) is 9.64. The van der Waals surface area contributed by atoms with Gasteiger partial charge in [-0.3, -0.25) is 4.79 Å². The van der Waals surface area contributed by atoms with Crippen LogP contribution in [0.3, 0.4) is 0 Å². The third-order valence-corrected chi connectivity index (χ3v) is 12.6. The molecule has 0 saturated carbocycles. The molecular weight excluding hydrogens is 596 g/mol. The third kappa shape index (κ3) is 6.42. The Morgan fingerprint density at radius 1 is 0.978 bits per heavy atom. The first-order valence-electron chi connectivity index (χ1n) is 17.6. The van der Waals surface area contributed by atoms with Crippen molar-refractivity contribution in [3.63, 3.8) is 0 Å². The van der Waals surface area contributed by atoms with Crippen LogP contribution in [0.25, 0.3) is 0 Å². The SMILES string of the molecule is CO[C@@H]([C@@H](C)[C@H]1OC2(CC[C@@](C)([C@H]3CC[C@@](C)([C@@H]4O[C@@H]([C@H]5O[C@@](O)(CO)[C@H](C)C[C@@H]5C)C[C@@H]4C)O3)O2)C[C@H](O)[C@H]1C)[C@H](C)C(=O)O. The van der Waals surface area contributed by atoms with Crippen LogP contribution in [0.4, 0.5) is 0 Å². The van der Waals surface area contributed by atoms with Crippen LogP contribution in [0.15, 0.2) is 0 Å². The van der Waals surface area contributed by atoms with Crippen molar-refractivity contribution >= 4 is 5.97 Å². The van der Waals surface area contributed by atoms with E-state index < -0.39 is 59.6 Å². The highest BCUT2D eigenvalue weighted by molar-refractivity contribution is 5.70. The zero-order valence-electron chi connectivity index (χ0n) is 29.3. The zero-order chi connectivity index (χ0) is 34.0. The van der Waals surface area contributed by atoms with Gasteiger partial charge in [-0.25, -0.2) is 0 Å². The maximum absolute atomic E-state index is 11.8. The minimum absolute atomic E-state index is 0.167. The highest BCUT2D eigenvalue weighted by Gasteiger charge is 2.61. The molecule has 0 radical (unpaired) electrons. The average Bonchev–Trinajstić information content (AvgIpc) is 3.69. The second-order valence-electron chi connectivity index (χ2n) is 16.2. The lowest BCUT2D eigenvalue weighted by Gasteiger charge is -2.48. The van der Waals surface area contributed by atoms with Gasteiger partial charge in [0.05, 0.1) is 66.5 Å². The Morgan fingerprint density at radius 3 is 2.30 bits per heavy atom. The van der Waals surface area contributed by atoms with Crippen LogP contribution >= 0.6 is 0 Å². The van der Waals surface area contributed by atoms with Crippen LogP contribution in [-0.4, -0.2) is 106 Å². The molecule has 5 rings (SSSR count). The Morgan fingerprint density at radius 2 is 1.67 bits per heavy atom. The van der Waals surface area contributed by atoms with Gasteiger partial charge in [0.1, 0.15) is 0 Å². The first-order chi connectivity index (χ1) is 21.4. The van der Waals surface area contributed by atoms with Crippen molar-refractivity contribution in [2.24, 2.45) is 35.5 Å². The number of ether oxygens (including phenoxy) is 6. The van der Waals surface area contributed by atoms with E-state index in [1.165, 1.54) is 7.11 Å². The lowest BCUT2D eigenvalue weighted by Crippen LogP contribution is -2.57. The molecule has 1 unspecified atom stereocenters. The van der Waals surface area contributed by atoms with Crippen molar-refractivity contribution in [2.75, 3.05) is 13.7 Å². The van der Waals surface area contributed by atoms with Crippen LogP contribution < -0.4 is 0 Å². The monoisotopic (exact) mass is 656 g/mol. The van der Waals surface area contributed by atoms with Gasteiger partial charge < -0.3 is 48.8 Å². The van der Waals surface area contributed by atoms with Crippen LogP contribution in [0, 0.1) is 35.5 Å². The van der Waals surface area contributed by atoms with Crippen LogP contribution in [0.2, 0.25) is 0 Å². The lowest BCUT2D eigenvalue weighted by atomic mass is 9.78. The third-order valence-electron chi connectivity index (χ3n) is 12.6. The van der Waals surface area contributed by atoms with Crippen molar-refractivity contribution < 1.29 is 53.6 Å². The molecule has 11 heteroatoms. The second-order valence-corrected chi connectivity index (χ2v) is 16.2.